The summed E-state index contributed by atoms with van der Waals surface area (Å²) in [7, 11) is 0. The fraction of sp³-hybridized carbons (Fsp3) is 0.600. The van der Waals surface area contributed by atoms with Crippen LogP contribution in [-0.4, -0.2) is 29.1 Å². The molecule has 0 heterocycles. The molecule has 1 fully saturated rings. The van der Waals surface area contributed by atoms with Crippen molar-refractivity contribution in [2.45, 2.75) is 38.8 Å². The van der Waals surface area contributed by atoms with Crippen LogP contribution in [0.3, 0.4) is 0 Å². The van der Waals surface area contributed by atoms with Gasteiger partial charge in [0, 0.05) is 19.1 Å². The van der Waals surface area contributed by atoms with Crippen LogP contribution >= 0.6 is 0 Å². The third-order valence-electron chi connectivity index (χ3n) is 3.33. The third-order valence-corrected chi connectivity index (χ3v) is 3.33. The molecule has 18 heavy (non-hydrogen) atoms. The first-order valence-corrected chi connectivity index (χ1v) is 6.74. The summed E-state index contributed by atoms with van der Waals surface area (Å²) in [4.78, 5) is 2.36. The van der Waals surface area contributed by atoms with Crippen molar-refractivity contribution in [3.05, 3.63) is 35.6 Å². The molecule has 1 aromatic carbocycles. The Morgan fingerprint density at radius 2 is 1.83 bits per heavy atom. The van der Waals surface area contributed by atoms with E-state index in [0.29, 0.717) is 18.5 Å². The number of nitrogens with zero attached hydrogens (tertiary/aromatic N) is 1. The second-order valence-electron chi connectivity index (χ2n) is 5.65. The molecule has 0 radical (unpaired) electrons. The number of rotatable bonds is 6. The van der Waals surface area contributed by atoms with Crippen molar-refractivity contribution in [2.75, 3.05) is 13.1 Å². The molecule has 100 valence electrons. The van der Waals surface area contributed by atoms with Crippen LogP contribution in [0.5, 0.6) is 0 Å². The molecule has 3 heteroatoms. The minimum absolute atomic E-state index is 0.257. The van der Waals surface area contributed by atoms with Crippen LogP contribution in [0.15, 0.2) is 24.3 Å². The monoisotopic (exact) mass is 251 g/mol. The standard InChI is InChI=1S/C15H22FNO/c1-11(2)9-17(14-7-8-14)10-15(18)12-3-5-13(16)6-4-12/h3-6,11,14-15,18H,7-10H2,1-2H3. The average molecular weight is 251 g/mol. The lowest BCUT2D eigenvalue weighted by molar-refractivity contribution is 0.101. The van der Waals surface area contributed by atoms with Gasteiger partial charge >= 0.3 is 0 Å². The minimum Gasteiger partial charge on any atom is -0.387 e. The van der Waals surface area contributed by atoms with Crippen LogP contribution in [-0.2, 0) is 0 Å². The molecule has 1 aromatic rings. The molecule has 1 atom stereocenters. The van der Waals surface area contributed by atoms with Crippen LogP contribution in [0.25, 0.3) is 0 Å². The van der Waals surface area contributed by atoms with Crippen molar-refractivity contribution >= 4 is 0 Å². The van der Waals surface area contributed by atoms with Crippen LogP contribution in [0.4, 0.5) is 4.39 Å². The van der Waals surface area contributed by atoms with Crippen LogP contribution in [0.1, 0.15) is 38.4 Å². The van der Waals surface area contributed by atoms with Crippen molar-refractivity contribution in [1.82, 2.24) is 4.90 Å². The Morgan fingerprint density at radius 1 is 1.22 bits per heavy atom. The summed E-state index contributed by atoms with van der Waals surface area (Å²) < 4.78 is 12.8. The van der Waals surface area contributed by atoms with Gasteiger partial charge in [-0.15, -0.1) is 0 Å². The first-order chi connectivity index (χ1) is 8.56. The summed E-state index contributed by atoms with van der Waals surface area (Å²) in [5.74, 6) is 0.346. The topological polar surface area (TPSA) is 23.5 Å². The van der Waals surface area contributed by atoms with Gasteiger partial charge in [-0.05, 0) is 36.5 Å². The van der Waals surface area contributed by atoms with Crippen molar-refractivity contribution in [1.29, 1.82) is 0 Å². The Kier molecular flexibility index (Phi) is 4.36. The maximum Gasteiger partial charge on any atom is 0.123 e. The Balaban J connectivity index is 1.95. The lowest BCUT2D eigenvalue weighted by Gasteiger charge is -2.26. The van der Waals surface area contributed by atoms with E-state index in [2.05, 4.69) is 18.7 Å². The van der Waals surface area contributed by atoms with Gasteiger partial charge in [-0.1, -0.05) is 26.0 Å². The van der Waals surface area contributed by atoms with E-state index >= 15 is 0 Å². The molecule has 1 aliphatic rings. The highest BCUT2D eigenvalue weighted by molar-refractivity contribution is 5.18. The third kappa shape index (κ3) is 3.79. The van der Waals surface area contributed by atoms with Gasteiger partial charge in [0.05, 0.1) is 6.10 Å². The summed E-state index contributed by atoms with van der Waals surface area (Å²) in [5, 5.41) is 10.2. The van der Waals surface area contributed by atoms with Crippen molar-refractivity contribution < 1.29 is 9.50 Å². The lowest BCUT2D eigenvalue weighted by Crippen LogP contribution is -2.33. The quantitative estimate of drug-likeness (QED) is 0.840. The zero-order valence-electron chi connectivity index (χ0n) is 11.1. The number of hydrogen-bond acceptors (Lipinski definition) is 2. The summed E-state index contributed by atoms with van der Waals surface area (Å²) in [6.07, 6.45) is 1.95. The zero-order chi connectivity index (χ0) is 13.1. The summed E-state index contributed by atoms with van der Waals surface area (Å²) >= 11 is 0. The highest BCUT2D eigenvalue weighted by Crippen LogP contribution is 2.29. The minimum atomic E-state index is -0.523. The fourth-order valence-electron chi connectivity index (χ4n) is 2.29. The van der Waals surface area contributed by atoms with Crippen LogP contribution in [0.2, 0.25) is 0 Å². The molecule has 2 nitrogen and oxygen atoms in total. The number of aliphatic hydroxyl groups is 1. The highest BCUT2D eigenvalue weighted by Gasteiger charge is 2.30. The normalized spacial score (nSPS) is 17.4. The van der Waals surface area contributed by atoms with E-state index in [4.69, 9.17) is 0 Å². The Bertz CT molecular complexity index is 373. The highest BCUT2D eigenvalue weighted by atomic mass is 19.1. The van der Waals surface area contributed by atoms with E-state index in [9.17, 15) is 9.50 Å². The van der Waals surface area contributed by atoms with Gasteiger partial charge in [-0.2, -0.15) is 0 Å². The van der Waals surface area contributed by atoms with Crippen molar-refractivity contribution in [3.8, 4) is 0 Å². The Morgan fingerprint density at radius 3 is 2.33 bits per heavy atom. The molecular weight excluding hydrogens is 229 g/mol. The summed E-state index contributed by atoms with van der Waals surface area (Å²) in [6, 6.07) is 6.79. The lowest BCUT2D eigenvalue weighted by atomic mass is 10.1. The van der Waals surface area contributed by atoms with Gasteiger partial charge in [-0.3, -0.25) is 4.90 Å². The predicted octanol–water partition coefficient (Wildman–Crippen LogP) is 2.98. The van der Waals surface area contributed by atoms with Crippen LogP contribution < -0.4 is 0 Å². The molecule has 1 N–H and O–H groups in total. The summed E-state index contributed by atoms with van der Waals surface area (Å²) in [6.45, 7) is 6.05. The maximum atomic E-state index is 12.8. The SMILES string of the molecule is CC(C)CN(CC(O)c1ccc(F)cc1)C1CC1. The molecule has 0 bridgehead atoms. The van der Waals surface area contributed by atoms with Crippen LogP contribution in [0, 0.1) is 11.7 Å². The van der Waals surface area contributed by atoms with Gasteiger partial charge in [0.25, 0.3) is 0 Å². The van der Waals surface area contributed by atoms with E-state index in [1.54, 1.807) is 12.1 Å². The van der Waals surface area contributed by atoms with Gasteiger partial charge in [0.15, 0.2) is 0 Å². The Hall–Kier alpha value is -0.930. The van der Waals surface area contributed by atoms with Gasteiger partial charge in [-0.25, -0.2) is 4.39 Å². The molecule has 0 amide bonds. The maximum absolute atomic E-state index is 12.8. The van der Waals surface area contributed by atoms with E-state index in [1.165, 1.54) is 25.0 Å². The van der Waals surface area contributed by atoms with Gasteiger partial charge in [0.2, 0.25) is 0 Å². The zero-order valence-corrected chi connectivity index (χ0v) is 11.1. The molecule has 1 saturated carbocycles. The van der Waals surface area contributed by atoms with Crippen molar-refractivity contribution in [2.24, 2.45) is 5.92 Å². The molecule has 0 aromatic heterocycles. The molecule has 2 rings (SSSR count). The Labute approximate surface area is 108 Å². The molecule has 0 spiro atoms. The largest absolute Gasteiger partial charge is 0.387 e. The second-order valence-corrected chi connectivity index (χ2v) is 5.65. The van der Waals surface area contributed by atoms with Gasteiger partial charge < -0.3 is 5.11 Å². The van der Waals surface area contributed by atoms with E-state index in [-0.39, 0.29) is 5.82 Å². The fourth-order valence-corrected chi connectivity index (χ4v) is 2.29. The number of halogens is 1. The second kappa shape index (κ2) is 5.81. The van der Waals surface area contributed by atoms with E-state index < -0.39 is 6.10 Å². The smallest absolute Gasteiger partial charge is 0.123 e. The first-order valence-electron chi connectivity index (χ1n) is 6.74. The molecule has 0 aliphatic heterocycles. The molecule has 1 aliphatic carbocycles. The number of hydrogen-bond donors (Lipinski definition) is 1. The predicted molar refractivity (Wildman–Crippen MR) is 70.8 cm³/mol. The van der Waals surface area contributed by atoms with Gasteiger partial charge in [0.1, 0.15) is 5.82 Å². The van der Waals surface area contributed by atoms with Crippen molar-refractivity contribution in [3.63, 3.8) is 0 Å². The van der Waals surface area contributed by atoms with E-state index in [0.717, 1.165) is 12.1 Å². The molecule has 0 saturated heterocycles. The van der Waals surface area contributed by atoms with E-state index in [1.807, 2.05) is 0 Å². The molecule has 1 unspecified atom stereocenters. The number of benzene rings is 1. The first kappa shape index (κ1) is 13.5. The summed E-state index contributed by atoms with van der Waals surface area (Å²) in [5.41, 5.74) is 0.797. The number of aliphatic hydroxyl groups excluding tert-OH is 1. The molecular formula is C15H22FNO. The average Bonchev–Trinajstić information content (AvgIpc) is 3.12.